The van der Waals surface area contributed by atoms with Crippen LogP contribution < -0.4 is 0 Å². The van der Waals surface area contributed by atoms with Gasteiger partial charge in [0, 0.05) is 0 Å². The normalized spacial score (nSPS) is 11.2. The van der Waals surface area contributed by atoms with Crippen LogP contribution in [0, 0.1) is 0 Å². The van der Waals surface area contributed by atoms with E-state index in [1.807, 2.05) is 20.8 Å². The van der Waals surface area contributed by atoms with Gasteiger partial charge in [-0.05, 0) is 20.8 Å². The molecule has 1 rings (SSSR count). The molecule has 0 aromatic carbocycles. The van der Waals surface area contributed by atoms with E-state index in [1.165, 1.54) is 0 Å². The monoisotopic (exact) mass is 226 g/mol. The predicted octanol–water partition coefficient (Wildman–Crippen LogP) is 3.43. The molecule has 0 spiro atoms. The first-order chi connectivity index (χ1) is 7.53. The van der Waals surface area contributed by atoms with Gasteiger partial charge >= 0.3 is 11.9 Å². The van der Waals surface area contributed by atoms with Gasteiger partial charge in [0.05, 0.1) is 12.8 Å². The number of allylic oxidation sites excluding steroid dienone is 3. The summed E-state index contributed by atoms with van der Waals surface area (Å²) in [4.78, 5) is 20.0. The molecule has 0 amide bonds. The first-order valence-electron chi connectivity index (χ1n) is 4.98. The standard InChI is InChI=1S/C4H4O3.3C3H6/c5-3-1-2-4(6)7-3;3*1-3-2/h1-2H2;3*3H,1H2,2H3. The first kappa shape index (κ1) is 19.9. The van der Waals surface area contributed by atoms with Crippen LogP contribution in [0.1, 0.15) is 33.6 Å². The van der Waals surface area contributed by atoms with E-state index in [0.717, 1.165) is 0 Å². The van der Waals surface area contributed by atoms with Gasteiger partial charge in [0.25, 0.3) is 0 Å². The van der Waals surface area contributed by atoms with Gasteiger partial charge in [0.15, 0.2) is 0 Å². The lowest BCUT2D eigenvalue weighted by molar-refractivity contribution is -0.151. The van der Waals surface area contributed by atoms with Crippen molar-refractivity contribution in [1.29, 1.82) is 0 Å². The SMILES string of the molecule is C=CC.C=CC.C=CC.O=C1CCC(=O)O1. The van der Waals surface area contributed by atoms with Gasteiger partial charge < -0.3 is 4.74 Å². The minimum atomic E-state index is -0.398. The van der Waals surface area contributed by atoms with Gasteiger partial charge in [-0.1, -0.05) is 18.2 Å². The highest BCUT2D eigenvalue weighted by Gasteiger charge is 2.19. The zero-order valence-corrected chi connectivity index (χ0v) is 10.5. The molecule has 16 heavy (non-hydrogen) atoms. The van der Waals surface area contributed by atoms with E-state index in [-0.39, 0.29) is 12.8 Å². The number of esters is 2. The highest BCUT2D eigenvalue weighted by atomic mass is 16.6. The Morgan fingerprint density at radius 1 is 0.875 bits per heavy atom. The largest absolute Gasteiger partial charge is 0.393 e. The van der Waals surface area contributed by atoms with Crippen molar-refractivity contribution in [3.05, 3.63) is 38.0 Å². The minimum Gasteiger partial charge on any atom is -0.393 e. The maximum absolute atomic E-state index is 10.0. The van der Waals surface area contributed by atoms with E-state index in [4.69, 9.17) is 0 Å². The van der Waals surface area contributed by atoms with Crippen LogP contribution in [0.15, 0.2) is 38.0 Å². The molecule has 0 saturated carbocycles. The van der Waals surface area contributed by atoms with E-state index in [1.54, 1.807) is 18.2 Å². The molecule has 0 unspecified atom stereocenters. The number of carbonyl (C=O) groups excluding carboxylic acids is 2. The van der Waals surface area contributed by atoms with Crippen molar-refractivity contribution in [3.63, 3.8) is 0 Å². The lowest BCUT2D eigenvalue weighted by Gasteiger charge is -1.79. The molecule has 0 radical (unpaired) electrons. The van der Waals surface area contributed by atoms with E-state index < -0.39 is 11.9 Å². The Labute approximate surface area is 98.5 Å². The average Bonchev–Trinajstić information content (AvgIpc) is 2.54. The van der Waals surface area contributed by atoms with Crippen LogP contribution in [0.5, 0.6) is 0 Å². The van der Waals surface area contributed by atoms with Gasteiger partial charge in [-0.15, -0.1) is 19.7 Å². The smallest absolute Gasteiger partial charge is 0.314 e. The zero-order chi connectivity index (χ0) is 13.4. The summed E-state index contributed by atoms with van der Waals surface area (Å²) in [6.45, 7) is 15.8. The Bertz CT molecular complexity index is 189. The summed E-state index contributed by atoms with van der Waals surface area (Å²) in [7, 11) is 0. The molecule has 0 atom stereocenters. The number of hydrogen-bond acceptors (Lipinski definition) is 3. The van der Waals surface area contributed by atoms with Gasteiger partial charge in [-0.2, -0.15) is 0 Å². The quantitative estimate of drug-likeness (QED) is 0.361. The fourth-order valence-corrected chi connectivity index (χ4v) is 0.433. The van der Waals surface area contributed by atoms with Crippen molar-refractivity contribution in [1.82, 2.24) is 0 Å². The molecule has 1 aliphatic rings. The summed E-state index contributed by atoms with van der Waals surface area (Å²) in [6, 6.07) is 0. The fourth-order valence-electron chi connectivity index (χ4n) is 0.433. The number of hydrogen-bond donors (Lipinski definition) is 0. The van der Waals surface area contributed by atoms with Crippen molar-refractivity contribution in [3.8, 4) is 0 Å². The molecule has 1 heterocycles. The summed E-state index contributed by atoms with van der Waals surface area (Å²) in [6.07, 6.45) is 5.78. The van der Waals surface area contributed by atoms with Crippen molar-refractivity contribution in [2.75, 3.05) is 0 Å². The number of cyclic esters (lactones) is 2. The van der Waals surface area contributed by atoms with Crippen molar-refractivity contribution >= 4 is 11.9 Å². The molecule has 92 valence electrons. The number of ether oxygens (including phenoxy) is 1. The summed E-state index contributed by atoms with van der Waals surface area (Å²) >= 11 is 0. The predicted molar refractivity (Wildman–Crippen MR) is 67.9 cm³/mol. The van der Waals surface area contributed by atoms with Crippen LogP contribution in [-0.2, 0) is 14.3 Å². The maximum atomic E-state index is 10.0. The van der Waals surface area contributed by atoms with Crippen LogP contribution >= 0.6 is 0 Å². The third-order valence-corrected chi connectivity index (χ3v) is 0.761. The molecule has 0 aliphatic carbocycles. The summed E-state index contributed by atoms with van der Waals surface area (Å²) in [5, 5.41) is 0. The molecule has 0 N–H and O–H groups in total. The van der Waals surface area contributed by atoms with Crippen LogP contribution in [0.2, 0.25) is 0 Å². The second kappa shape index (κ2) is 19.0. The summed E-state index contributed by atoms with van der Waals surface area (Å²) < 4.78 is 4.08. The highest BCUT2D eigenvalue weighted by Crippen LogP contribution is 2.03. The molecular formula is C13H22O3. The lowest BCUT2D eigenvalue weighted by atomic mass is 10.4. The molecule has 0 bridgehead atoms. The number of rotatable bonds is 0. The van der Waals surface area contributed by atoms with E-state index in [0.29, 0.717) is 0 Å². The Morgan fingerprint density at radius 3 is 1.12 bits per heavy atom. The van der Waals surface area contributed by atoms with Gasteiger partial charge in [0.2, 0.25) is 0 Å². The van der Waals surface area contributed by atoms with Gasteiger partial charge in [-0.3, -0.25) is 9.59 Å². The Kier molecular flexibility index (Phi) is 23.6. The van der Waals surface area contributed by atoms with Gasteiger partial charge in [-0.25, -0.2) is 0 Å². The first-order valence-corrected chi connectivity index (χ1v) is 4.98. The second-order valence-electron chi connectivity index (χ2n) is 2.57. The van der Waals surface area contributed by atoms with Gasteiger partial charge in [0.1, 0.15) is 0 Å². The Hall–Kier alpha value is -1.64. The third kappa shape index (κ3) is 29.4. The highest BCUT2D eigenvalue weighted by molar-refractivity contribution is 5.92. The molecular weight excluding hydrogens is 204 g/mol. The molecule has 3 heteroatoms. The van der Waals surface area contributed by atoms with E-state index in [9.17, 15) is 9.59 Å². The molecule has 0 aromatic rings. The zero-order valence-electron chi connectivity index (χ0n) is 10.5. The van der Waals surface area contributed by atoms with Crippen LogP contribution in [0.25, 0.3) is 0 Å². The summed E-state index contributed by atoms with van der Waals surface area (Å²) in [5.74, 6) is -0.796. The minimum absolute atomic E-state index is 0.263. The Morgan fingerprint density at radius 2 is 1.06 bits per heavy atom. The van der Waals surface area contributed by atoms with E-state index in [2.05, 4.69) is 24.5 Å². The topological polar surface area (TPSA) is 43.4 Å². The fraction of sp³-hybridized carbons (Fsp3) is 0.385. The second-order valence-corrected chi connectivity index (χ2v) is 2.57. The van der Waals surface area contributed by atoms with Crippen molar-refractivity contribution in [2.24, 2.45) is 0 Å². The molecule has 1 saturated heterocycles. The molecule has 1 fully saturated rings. The Balaban J connectivity index is -0.000000161. The maximum Gasteiger partial charge on any atom is 0.314 e. The number of carbonyl (C=O) groups is 2. The summed E-state index contributed by atoms with van der Waals surface area (Å²) in [5.41, 5.74) is 0. The average molecular weight is 226 g/mol. The molecule has 3 nitrogen and oxygen atoms in total. The van der Waals surface area contributed by atoms with Crippen molar-refractivity contribution in [2.45, 2.75) is 33.6 Å². The lowest BCUT2D eigenvalue weighted by Crippen LogP contribution is -1.94. The molecule has 0 aromatic heterocycles. The van der Waals surface area contributed by atoms with Crippen LogP contribution in [0.4, 0.5) is 0 Å². The van der Waals surface area contributed by atoms with E-state index >= 15 is 0 Å². The molecule has 1 aliphatic heterocycles. The third-order valence-electron chi connectivity index (χ3n) is 0.761. The van der Waals surface area contributed by atoms with Crippen molar-refractivity contribution < 1.29 is 14.3 Å². The van der Waals surface area contributed by atoms with Crippen LogP contribution in [-0.4, -0.2) is 11.9 Å². The van der Waals surface area contributed by atoms with Crippen LogP contribution in [0.3, 0.4) is 0 Å².